The summed E-state index contributed by atoms with van der Waals surface area (Å²) in [6, 6.07) is 0. The molecule has 2 aliphatic carbocycles. The Labute approximate surface area is 165 Å². The van der Waals surface area contributed by atoms with E-state index in [1.165, 1.54) is 0 Å². The van der Waals surface area contributed by atoms with Crippen LogP contribution in [0.5, 0.6) is 0 Å². The monoisotopic (exact) mass is 383 g/mol. The second-order valence-electron chi connectivity index (χ2n) is 9.83. The highest BCUT2D eigenvalue weighted by Crippen LogP contribution is 2.63. The van der Waals surface area contributed by atoms with E-state index in [2.05, 4.69) is 34.6 Å². The lowest BCUT2D eigenvalue weighted by atomic mass is 9.53. The van der Waals surface area contributed by atoms with Crippen molar-refractivity contribution in [1.82, 2.24) is 4.90 Å². The lowest BCUT2D eigenvalue weighted by Crippen LogP contribution is -2.50. The van der Waals surface area contributed by atoms with Crippen LogP contribution in [-0.2, 0) is 9.53 Å². The SMILES string of the molecule is CC(C)[C@@H]1CC[C@]2(C(=O)OCCN(CCO)CCO)CCC(C)(C)C(C)C12. The molecule has 0 radical (unpaired) electrons. The van der Waals surface area contributed by atoms with Crippen molar-refractivity contribution >= 4 is 5.97 Å². The maximum atomic E-state index is 13.3. The third-order valence-electron chi connectivity index (χ3n) is 7.75. The van der Waals surface area contributed by atoms with Gasteiger partial charge in [-0.2, -0.15) is 0 Å². The summed E-state index contributed by atoms with van der Waals surface area (Å²) in [6.45, 7) is 13.6. The number of aliphatic hydroxyl groups excluding tert-OH is 2. The van der Waals surface area contributed by atoms with Gasteiger partial charge in [0.15, 0.2) is 0 Å². The number of fused-ring (bicyclic) bond motifs is 1. The van der Waals surface area contributed by atoms with Crippen LogP contribution in [0.3, 0.4) is 0 Å². The molecule has 2 fully saturated rings. The number of aliphatic hydroxyl groups is 2. The van der Waals surface area contributed by atoms with E-state index in [9.17, 15) is 4.79 Å². The van der Waals surface area contributed by atoms with Crippen LogP contribution >= 0.6 is 0 Å². The number of hydrogen-bond donors (Lipinski definition) is 2. The van der Waals surface area contributed by atoms with Crippen LogP contribution in [0.4, 0.5) is 0 Å². The summed E-state index contributed by atoms with van der Waals surface area (Å²) in [5, 5.41) is 18.3. The molecular weight excluding hydrogens is 342 g/mol. The molecule has 5 nitrogen and oxygen atoms in total. The van der Waals surface area contributed by atoms with Crippen molar-refractivity contribution in [2.24, 2.45) is 34.5 Å². The second-order valence-corrected chi connectivity index (χ2v) is 9.83. The van der Waals surface area contributed by atoms with Gasteiger partial charge in [0, 0.05) is 19.6 Å². The van der Waals surface area contributed by atoms with Crippen LogP contribution in [0, 0.1) is 34.5 Å². The van der Waals surface area contributed by atoms with E-state index in [4.69, 9.17) is 14.9 Å². The molecule has 5 heteroatoms. The van der Waals surface area contributed by atoms with E-state index in [-0.39, 0.29) is 30.0 Å². The highest BCUT2D eigenvalue weighted by molar-refractivity contribution is 5.78. The van der Waals surface area contributed by atoms with Gasteiger partial charge in [0.25, 0.3) is 0 Å². The smallest absolute Gasteiger partial charge is 0.312 e. The molecule has 27 heavy (non-hydrogen) atoms. The van der Waals surface area contributed by atoms with Gasteiger partial charge in [-0.3, -0.25) is 9.69 Å². The molecule has 2 unspecified atom stereocenters. The van der Waals surface area contributed by atoms with Crippen molar-refractivity contribution in [2.75, 3.05) is 39.5 Å². The molecular formula is C22H41NO4. The fraction of sp³-hybridized carbons (Fsp3) is 0.955. The van der Waals surface area contributed by atoms with Crippen LogP contribution in [0.15, 0.2) is 0 Å². The fourth-order valence-corrected chi connectivity index (χ4v) is 5.70. The average molecular weight is 384 g/mol. The summed E-state index contributed by atoms with van der Waals surface area (Å²) < 4.78 is 5.81. The average Bonchev–Trinajstić information content (AvgIpc) is 3.00. The minimum Gasteiger partial charge on any atom is -0.464 e. The Morgan fingerprint density at radius 1 is 1.11 bits per heavy atom. The van der Waals surface area contributed by atoms with E-state index in [1.807, 2.05) is 4.90 Å². The molecule has 158 valence electrons. The Morgan fingerprint density at radius 3 is 2.30 bits per heavy atom. The molecule has 0 amide bonds. The second kappa shape index (κ2) is 9.23. The topological polar surface area (TPSA) is 70.0 Å². The highest BCUT2D eigenvalue weighted by atomic mass is 16.5. The number of nitrogens with zero attached hydrogens (tertiary/aromatic N) is 1. The van der Waals surface area contributed by atoms with Gasteiger partial charge >= 0.3 is 5.97 Å². The van der Waals surface area contributed by atoms with E-state index in [0.29, 0.717) is 49.9 Å². The predicted octanol–water partition coefficient (Wildman–Crippen LogP) is 2.94. The minimum atomic E-state index is -0.317. The van der Waals surface area contributed by atoms with Crippen LogP contribution in [-0.4, -0.2) is 60.5 Å². The number of carbonyl (C=O) groups excluding carboxylic acids is 1. The Balaban J connectivity index is 2.08. The molecule has 4 atom stereocenters. The van der Waals surface area contributed by atoms with Crippen molar-refractivity contribution in [3.63, 3.8) is 0 Å². The van der Waals surface area contributed by atoms with Crippen LogP contribution in [0.2, 0.25) is 0 Å². The lowest BCUT2D eigenvalue weighted by molar-refractivity contribution is -0.168. The standard InChI is InChI=1S/C22H41NO4/c1-16(2)18-6-7-22(9-8-21(4,5)17(3)19(18)22)20(26)27-15-12-23(10-13-24)11-14-25/h16-19,24-25H,6-15H2,1-5H3/t17?,18-,19?,22-/m0/s1. The van der Waals surface area contributed by atoms with Crippen LogP contribution in [0.25, 0.3) is 0 Å². The molecule has 0 saturated heterocycles. The first-order valence-corrected chi connectivity index (χ1v) is 10.8. The molecule has 2 N–H and O–H groups in total. The molecule has 0 aromatic rings. The van der Waals surface area contributed by atoms with E-state index in [0.717, 1.165) is 25.7 Å². The molecule has 2 aliphatic rings. The molecule has 0 heterocycles. The summed E-state index contributed by atoms with van der Waals surface area (Å²) >= 11 is 0. The Morgan fingerprint density at radius 2 is 1.74 bits per heavy atom. The maximum absolute atomic E-state index is 13.3. The zero-order valence-electron chi connectivity index (χ0n) is 18.0. The number of rotatable bonds is 9. The maximum Gasteiger partial charge on any atom is 0.312 e. The van der Waals surface area contributed by atoms with Gasteiger partial charge in [-0.25, -0.2) is 0 Å². The lowest BCUT2D eigenvalue weighted by Gasteiger charge is -2.51. The summed E-state index contributed by atoms with van der Waals surface area (Å²) in [4.78, 5) is 15.2. The van der Waals surface area contributed by atoms with Crippen molar-refractivity contribution in [1.29, 1.82) is 0 Å². The Hall–Kier alpha value is -0.650. The number of carbonyl (C=O) groups is 1. The van der Waals surface area contributed by atoms with Crippen LogP contribution in [0.1, 0.15) is 60.3 Å². The van der Waals surface area contributed by atoms with Gasteiger partial charge in [0.05, 0.1) is 18.6 Å². The fourth-order valence-electron chi connectivity index (χ4n) is 5.70. The quantitative estimate of drug-likeness (QED) is 0.599. The molecule has 0 aromatic carbocycles. The van der Waals surface area contributed by atoms with E-state index < -0.39 is 0 Å². The molecule has 2 saturated carbocycles. The van der Waals surface area contributed by atoms with Gasteiger partial charge in [0.1, 0.15) is 6.61 Å². The van der Waals surface area contributed by atoms with E-state index in [1.54, 1.807) is 0 Å². The van der Waals surface area contributed by atoms with E-state index >= 15 is 0 Å². The molecule has 0 bridgehead atoms. The molecule has 0 aromatic heterocycles. The predicted molar refractivity (Wildman–Crippen MR) is 107 cm³/mol. The van der Waals surface area contributed by atoms with Crippen molar-refractivity contribution in [3.8, 4) is 0 Å². The number of esters is 1. The first-order chi connectivity index (χ1) is 12.7. The highest BCUT2D eigenvalue weighted by Gasteiger charge is 2.61. The summed E-state index contributed by atoms with van der Waals surface area (Å²) in [7, 11) is 0. The first kappa shape index (κ1) is 22.6. The van der Waals surface area contributed by atoms with Crippen molar-refractivity contribution in [2.45, 2.75) is 60.3 Å². The Bertz CT molecular complexity index is 487. The summed E-state index contributed by atoms with van der Waals surface area (Å²) in [5.41, 5.74) is -0.0480. The summed E-state index contributed by atoms with van der Waals surface area (Å²) in [5.74, 6) is 2.08. The van der Waals surface area contributed by atoms with Crippen molar-refractivity contribution < 1.29 is 19.7 Å². The summed E-state index contributed by atoms with van der Waals surface area (Å²) in [6.07, 6.45) is 4.09. The van der Waals surface area contributed by atoms with Gasteiger partial charge in [-0.05, 0) is 54.8 Å². The molecule has 0 aliphatic heterocycles. The van der Waals surface area contributed by atoms with Gasteiger partial charge in [-0.1, -0.05) is 34.6 Å². The van der Waals surface area contributed by atoms with Gasteiger partial charge in [-0.15, -0.1) is 0 Å². The third kappa shape index (κ3) is 4.68. The number of ether oxygens (including phenoxy) is 1. The molecule has 2 rings (SSSR count). The zero-order valence-corrected chi connectivity index (χ0v) is 18.0. The third-order valence-corrected chi connectivity index (χ3v) is 7.75. The molecule has 0 spiro atoms. The Kier molecular flexibility index (Phi) is 7.74. The first-order valence-electron chi connectivity index (χ1n) is 10.8. The normalized spacial score (nSPS) is 32.7. The zero-order chi connectivity index (χ0) is 20.2. The largest absolute Gasteiger partial charge is 0.464 e. The minimum absolute atomic E-state index is 0.00838. The van der Waals surface area contributed by atoms with Crippen LogP contribution < -0.4 is 0 Å². The van der Waals surface area contributed by atoms with Gasteiger partial charge < -0.3 is 14.9 Å². The number of hydrogen-bond acceptors (Lipinski definition) is 5. The van der Waals surface area contributed by atoms with Crippen molar-refractivity contribution in [3.05, 3.63) is 0 Å². The van der Waals surface area contributed by atoms with Gasteiger partial charge in [0.2, 0.25) is 0 Å².